The molecule has 1 amide bonds. The van der Waals surface area contributed by atoms with Gasteiger partial charge in [-0.15, -0.1) is 0 Å². The molecule has 1 aliphatic rings. The van der Waals surface area contributed by atoms with Crippen molar-refractivity contribution in [2.75, 3.05) is 17.7 Å². The lowest BCUT2D eigenvalue weighted by molar-refractivity contribution is -0.114. The van der Waals surface area contributed by atoms with Crippen LogP contribution in [-0.4, -0.2) is 25.1 Å². The van der Waals surface area contributed by atoms with Gasteiger partial charge in [0.2, 0.25) is 5.91 Å². The number of methoxy groups -OCH3 is 1. The molecular weight excluding hydrogens is 254 g/mol. The molecule has 1 aromatic carbocycles. The minimum atomic E-state index is -0.106. The Morgan fingerprint density at radius 1 is 1.30 bits per heavy atom. The molecule has 1 aromatic rings. The molecule has 1 fully saturated rings. The van der Waals surface area contributed by atoms with Gasteiger partial charge in [0.15, 0.2) is 0 Å². The minimum absolute atomic E-state index is 0.106. The topological polar surface area (TPSA) is 76.4 Å². The monoisotopic (exact) mass is 277 g/mol. The van der Waals surface area contributed by atoms with Crippen LogP contribution < -0.4 is 21.1 Å². The second-order valence-corrected chi connectivity index (χ2v) is 5.35. The van der Waals surface area contributed by atoms with E-state index in [1.807, 2.05) is 18.2 Å². The summed E-state index contributed by atoms with van der Waals surface area (Å²) in [6, 6.07) is 6.55. The molecule has 110 valence electrons. The molecule has 0 atom stereocenters. The van der Waals surface area contributed by atoms with Gasteiger partial charge in [-0.25, -0.2) is 0 Å². The molecule has 20 heavy (non-hydrogen) atoms. The maximum atomic E-state index is 11.1. The van der Waals surface area contributed by atoms with E-state index in [4.69, 9.17) is 10.5 Å². The molecule has 1 saturated carbocycles. The molecule has 0 aliphatic heterocycles. The summed E-state index contributed by atoms with van der Waals surface area (Å²) in [5.41, 5.74) is 7.62. The fourth-order valence-corrected chi connectivity index (χ4v) is 2.57. The second kappa shape index (κ2) is 6.61. The Morgan fingerprint density at radius 3 is 2.60 bits per heavy atom. The van der Waals surface area contributed by atoms with E-state index in [0.717, 1.165) is 31.4 Å². The molecule has 5 heteroatoms. The number of nitrogens with two attached hydrogens (primary N) is 1. The van der Waals surface area contributed by atoms with Crippen LogP contribution in [0.25, 0.3) is 0 Å². The Hall–Kier alpha value is -1.75. The van der Waals surface area contributed by atoms with Crippen LogP contribution in [0.5, 0.6) is 5.75 Å². The molecule has 0 unspecified atom stereocenters. The third-order valence-corrected chi connectivity index (χ3v) is 3.65. The number of ether oxygens (including phenoxy) is 1. The van der Waals surface area contributed by atoms with Gasteiger partial charge in [-0.3, -0.25) is 4.79 Å². The fraction of sp³-hybridized carbons (Fsp3) is 0.533. The summed E-state index contributed by atoms with van der Waals surface area (Å²) >= 11 is 0. The van der Waals surface area contributed by atoms with Crippen molar-refractivity contribution >= 4 is 17.3 Å². The first-order chi connectivity index (χ1) is 9.58. The largest absolute Gasteiger partial charge is 0.494 e. The average molecular weight is 277 g/mol. The lowest BCUT2D eigenvalue weighted by Gasteiger charge is -2.27. The van der Waals surface area contributed by atoms with Gasteiger partial charge in [-0.2, -0.15) is 0 Å². The van der Waals surface area contributed by atoms with Crippen LogP contribution in [0, 0.1) is 0 Å². The fourth-order valence-electron chi connectivity index (χ4n) is 2.57. The molecule has 0 spiro atoms. The van der Waals surface area contributed by atoms with Crippen LogP contribution in [0.1, 0.15) is 32.6 Å². The third-order valence-electron chi connectivity index (χ3n) is 3.65. The number of hydrogen-bond donors (Lipinski definition) is 3. The summed E-state index contributed by atoms with van der Waals surface area (Å²) < 4.78 is 5.32. The smallest absolute Gasteiger partial charge is 0.221 e. The maximum absolute atomic E-state index is 11.1. The zero-order valence-electron chi connectivity index (χ0n) is 12.1. The number of benzene rings is 1. The molecule has 2 rings (SSSR count). The Labute approximate surface area is 119 Å². The molecule has 0 bridgehead atoms. The first-order valence-electron chi connectivity index (χ1n) is 7.06. The highest BCUT2D eigenvalue weighted by Crippen LogP contribution is 2.29. The van der Waals surface area contributed by atoms with Gasteiger partial charge in [0.25, 0.3) is 0 Å². The van der Waals surface area contributed by atoms with E-state index in [-0.39, 0.29) is 5.91 Å². The minimum Gasteiger partial charge on any atom is -0.494 e. The Bertz CT molecular complexity index is 468. The molecular formula is C15H23N3O2. The molecule has 0 heterocycles. The van der Waals surface area contributed by atoms with E-state index < -0.39 is 0 Å². The van der Waals surface area contributed by atoms with E-state index in [2.05, 4.69) is 10.6 Å². The summed E-state index contributed by atoms with van der Waals surface area (Å²) in [5.74, 6) is 0.558. The van der Waals surface area contributed by atoms with Gasteiger partial charge in [-0.1, -0.05) is 0 Å². The lowest BCUT2D eigenvalue weighted by atomic mass is 9.91. The van der Waals surface area contributed by atoms with E-state index in [9.17, 15) is 4.79 Å². The number of nitrogens with one attached hydrogen (secondary N) is 2. The average Bonchev–Trinajstić information content (AvgIpc) is 2.42. The van der Waals surface area contributed by atoms with Gasteiger partial charge in [0, 0.05) is 30.8 Å². The summed E-state index contributed by atoms with van der Waals surface area (Å²) in [4.78, 5) is 11.1. The lowest BCUT2D eigenvalue weighted by Crippen LogP contribution is -2.32. The van der Waals surface area contributed by atoms with Gasteiger partial charge in [-0.05, 0) is 37.8 Å². The maximum Gasteiger partial charge on any atom is 0.221 e. The van der Waals surface area contributed by atoms with Crippen LogP contribution in [-0.2, 0) is 4.79 Å². The number of anilines is 2. The van der Waals surface area contributed by atoms with Crippen LogP contribution in [0.15, 0.2) is 18.2 Å². The molecule has 1 aliphatic carbocycles. The normalized spacial score (nSPS) is 22.1. The third kappa shape index (κ3) is 3.87. The highest BCUT2D eigenvalue weighted by atomic mass is 16.5. The van der Waals surface area contributed by atoms with Crippen molar-refractivity contribution in [1.82, 2.24) is 0 Å². The van der Waals surface area contributed by atoms with E-state index in [1.54, 1.807) is 7.11 Å². The van der Waals surface area contributed by atoms with Crippen molar-refractivity contribution in [3.63, 3.8) is 0 Å². The molecule has 4 N–H and O–H groups in total. The van der Waals surface area contributed by atoms with E-state index in [0.29, 0.717) is 23.5 Å². The molecule has 0 aromatic heterocycles. The van der Waals surface area contributed by atoms with Gasteiger partial charge in [0.05, 0.1) is 12.8 Å². The van der Waals surface area contributed by atoms with Gasteiger partial charge >= 0.3 is 0 Å². The SMILES string of the molecule is COc1cc(NC2CCC(N)CC2)ccc1NC(C)=O. The first kappa shape index (κ1) is 14.7. The number of carbonyl (C=O) groups excluding carboxylic acids is 1. The Morgan fingerprint density at radius 2 is 2.00 bits per heavy atom. The van der Waals surface area contributed by atoms with Crippen molar-refractivity contribution in [2.24, 2.45) is 5.73 Å². The highest BCUT2D eigenvalue weighted by Gasteiger charge is 2.18. The van der Waals surface area contributed by atoms with Crippen LogP contribution in [0.3, 0.4) is 0 Å². The van der Waals surface area contributed by atoms with E-state index >= 15 is 0 Å². The number of carbonyl (C=O) groups is 1. The first-order valence-corrected chi connectivity index (χ1v) is 7.06. The summed E-state index contributed by atoms with van der Waals surface area (Å²) in [5, 5.41) is 6.26. The molecule has 0 radical (unpaired) electrons. The number of rotatable bonds is 4. The van der Waals surface area contributed by atoms with Crippen molar-refractivity contribution < 1.29 is 9.53 Å². The Kier molecular flexibility index (Phi) is 4.84. The molecule has 5 nitrogen and oxygen atoms in total. The van der Waals surface area contributed by atoms with Crippen LogP contribution in [0.2, 0.25) is 0 Å². The quantitative estimate of drug-likeness (QED) is 0.789. The van der Waals surface area contributed by atoms with Crippen LogP contribution >= 0.6 is 0 Å². The summed E-state index contributed by atoms with van der Waals surface area (Å²) in [6.07, 6.45) is 4.32. The van der Waals surface area contributed by atoms with E-state index in [1.165, 1.54) is 6.92 Å². The number of hydrogen-bond acceptors (Lipinski definition) is 4. The van der Waals surface area contributed by atoms with Crippen LogP contribution in [0.4, 0.5) is 11.4 Å². The molecule has 0 saturated heterocycles. The van der Waals surface area contributed by atoms with Crippen molar-refractivity contribution in [3.05, 3.63) is 18.2 Å². The summed E-state index contributed by atoms with van der Waals surface area (Å²) in [6.45, 7) is 1.48. The predicted molar refractivity (Wildman–Crippen MR) is 81.2 cm³/mol. The zero-order chi connectivity index (χ0) is 14.5. The highest BCUT2D eigenvalue weighted by molar-refractivity contribution is 5.90. The van der Waals surface area contributed by atoms with Crippen molar-refractivity contribution in [2.45, 2.75) is 44.7 Å². The van der Waals surface area contributed by atoms with Gasteiger partial charge < -0.3 is 21.1 Å². The summed E-state index contributed by atoms with van der Waals surface area (Å²) in [7, 11) is 1.60. The second-order valence-electron chi connectivity index (χ2n) is 5.35. The van der Waals surface area contributed by atoms with Gasteiger partial charge in [0.1, 0.15) is 5.75 Å². The van der Waals surface area contributed by atoms with Crippen molar-refractivity contribution in [1.29, 1.82) is 0 Å². The Balaban J connectivity index is 2.03. The number of amides is 1. The standard InChI is InChI=1S/C15H23N3O2/c1-10(19)17-14-8-7-13(9-15(14)20-2)18-12-5-3-11(16)4-6-12/h7-9,11-12,18H,3-6,16H2,1-2H3,(H,17,19). The van der Waals surface area contributed by atoms with Crippen molar-refractivity contribution in [3.8, 4) is 5.75 Å². The predicted octanol–water partition coefficient (Wildman–Crippen LogP) is 2.34. The zero-order valence-corrected chi connectivity index (χ0v) is 12.1.